The highest BCUT2D eigenvalue weighted by Crippen LogP contribution is 2.46. The molecule has 0 aromatic heterocycles. The number of hydrogen-bond acceptors (Lipinski definition) is 5. The second-order valence-corrected chi connectivity index (χ2v) is 9.78. The summed E-state index contributed by atoms with van der Waals surface area (Å²) in [6, 6.07) is 26.3. The van der Waals surface area contributed by atoms with E-state index in [2.05, 4.69) is 5.32 Å². The minimum atomic E-state index is -0.579. The number of nitrogens with zero attached hydrogens (tertiary/aromatic N) is 1. The van der Waals surface area contributed by atoms with Crippen molar-refractivity contribution in [2.45, 2.75) is 32.5 Å². The van der Waals surface area contributed by atoms with Crippen LogP contribution in [-0.4, -0.2) is 36.0 Å². The number of ether oxygens (including phenoxy) is 2. The predicted octanol–water partition coefficient (Wildman–Crippen LogP) is 6.21. The second kappa shape index (κ2) is 11.3. The van der Waals surface area contributed by atoms with Crippen LogP contribution < -0.4 is 5.32 Å². The Hall–Kier alpha value is -4.39. The molecule has 38 heavy (non-hydrogen) atoms. The van der Waals surface area contributed by atoms with Gasteiger partial charge >= 0.3 is 12.2 Å². The van der Waals surface area contributed by atoms with Crippen LogP contribution in [0.4, 0.5) is 15.3 Å². The predicted molar refractivity (Wildman–Crippen MR) is 144 cm³/mol. The second-order valence-electron chi connectivity index (χ2n) is 9.78. The maximum atomic E-state index is 13.2. The molecule has 0 bridgehead atoms. The van der Waals surface area contributed by atoms with Gasteiger partial charge in [-0.3, -0.25) is 10.1 Å². The van der Waals surface area contributed by atoms with E-state index < -0.39 is 6.09 Å². The molecule has 3 aromatic rings. The van der Waals surface area contributed by atoms with Crippen molar-refractivity contribution >= 4 is 29.2 Å². The number of anilines is 1. The van der Waals surface area contributed by atoms with Gasteiger partial charge in [0.15, 0.2) is 5.78 Å². The van der Waals surface area contributed by atoms with E-state index in [1.54, 1.807) is 11.0 Å². The van der Waals surface area contributed by atoms with Crippen LogP contribution in [0.15, 0.2) is 91.0 Å². The van der Waals surface area contributed by atoms with Gasteiger partial charge in [-0.2, -0.15) is 0 Å². The van der Waals surface area contributed by atoms with Crippen LogP contribution in [-0.2, 0) is 27.5 Å². The van der Waals surface area contributed by atoms with E-state index in [-0.39, 0.29) is 30.5 Å². The van der Waals surface area contributed by atoms with Crippen molar-refractivity contribution in [1.82, 2.24) is 4.90 Å². The fraction of sp³-hybridized carbons (Fsp3) is 0.258. The lowest BCUT2D eigenvalue weighted by atomic mass is 9.78. The van der Waals surface area contributed by atoms with Gasteiger partial charge in [-0.15, -0.1) is 0 Å². The number of benzene rings is 3. The average molecular weight is 511 g/mol. The van der Waals surface area contributed by atoms with Gasteiger partial charge in [-0.1, -0.05) is 84.9 Å². The van der Waals surface area contributed by atoms with Crippen LogP contribution in [0.3, 0.4) is 0 Å². The lowest BCUT2D eigenvalue weighted by Gasteiger charge is -2.37. The summed E-state index contributed by atoms with van der Waals surface area (Å²) in [4.78, 5) is 39.9. The molecule has 194 valence electrons. The smallest absolute Gasteiger partial charge is 0.411 e. The molecular formula is C31H30N2O5. The van der Waals surface area contributed by atoms with E-state index in [9.17, 15) is 14.4 Å². The number of Topliss-reactive ketones (excluding diaryl/α,β-unsaturated/α-hetero) is 1. The van der Waals surface area contributed by atoms with E-state index >= 15 is 0 Å². The third kappa shape index (κ3) is 5.94. The van der Waals surface area contributed by atoms with E-state index in [0.29, 0.717) is 49.2 Å². The maximum Gasteiger partial charge on any atom is 0.411 e. The molecule has 3 aromatic carbocycles. The average Bonchev–Trinajstić information content (AvgIpc) is 3.27. The van der Waals surface area contributed by atoms with Gasteiger partial charge in [0.2, 0.25) is 0 Å². The fourth-order valence-electron chi connectivity index (χ4n) is 5.04. The summed E-state index contributed by atoms with van der Waals surface area (Å²) in [5, 5.41) is 2.80. The van der Waals surface area contributed by atoms with Crippen molar-refractivity contribution in [3.8, 4) is 0 Å². The first-order valence-corrected chi connectivity index (χ1v) is 12.8. The number of carbonyl (C=O) groups excluding carboxylic acids is 3. The van der Waals surface area contributed by atoms with E-state index in [1.165, 1.54) is 0 Å². The molecule has 2 aliphatic rings. The molecule has 1 aliphatic heterocycles. The number of ketones is 1. The zero-order valence-corrected chi connectivity index (χ0v) is 21.1. The van der Waals surface area contributed by atoms with Gasteiger partial charge < -0.3 is 14.4 Å². The zero-order valence-electron chi connectivity index (χ0n) is 21.1. The maximum absolute atomic E-state index is 13.2. The first kappa shape index (κ1) is 25.3. The Morgan fingerprint density at radius 1 is 0.789 bits per heavy atom. The number of likely N-dealkylation sites (tertiary alicyclic amines) is 1. The Kier molecular flexibility index (Phi) is 7.54. The molecule has 5 rings (SSSR count). The summed E-state index contributed by atoms with van der Waals surface area (Å²) in [5.74, 6) is 0.0389. The van der Waals surface area contributed by atoms with Gasteiger partial charge in [-0.05, 0) is 35.4 Å². The van der Waals surface area contributed by atoms with Crippen molar-refractivity contribution in [2.75, 3.05) is 18.4 Å². The summed E-state index contributed by atoms with van der Waals surface area (Å²) < 4.78 is 10.8. The molecular weight excluding hydrogens is 480 g/mol. The van der Waals surface area contributed by atoms with Crippen LogP contribution in [0.25, 0.3) is 5.57 Å². The highest BCUT2D eigenvalue weighted by Gasteiger charge is 2.42. The molecule has 0 radical (unpaired) electrons. The molecule has 1 saturated heterocycles. The summed E-state index contributed by atoms with van der Waals surface area (Å²) >= 11 is 0. The number of carbonyl (C=O) groups is 3. The molecule has 1 spiro atoms. The Morgan fingerprint density at radius 2 is 1.37 bits per heavy atom. The number of para-hydroxylation sites is 1. The zero-order chi connectivity index (χ0) is 26.4. The van der Waals surface area contributed by atoms with Gasteiger partial charge in [0, 0.05) is 30.6 Å². The normalized spacial score (nSPS) is 16.2. The molecule has 1 N–H and O–H groups in total. The Morgan fingerprint density at radius 3 is 2.03 bits per heavy atom. The van der Waals surface area contributed by atoms with Crippen molar-refractivity contribution in [1.29, 1.82) is 0 Å². The molecule has 0 atom stereocenters. The van der Waals surface area contributed by atoms with Crippen molar-refractivity contribution in [2.24, 2.45) is 5.41 Å². The summed E-state index contributed by atoms with van der Waals surface area (Å²) in [6.07, 6.45) is 2.87. The molecule has 0 saturated carbocycles. The van der Waals surface area contributed by atoms with Crippen molar-refractivity contribution in [3.05, 3.63) is 108 Å². The highest BCUT2D eigenvalue weighted by atomic mass is 16.6. The third-order valence-electron chi connectivity index (χ3n) is 7.15. The number of rotatable bonds is 6. The number of nitrogens with one attached hydrogen (secondary N) is 1. The van der Waals surface area contributed by atoms with Crippen LogP contribution in [0.2, 0.25) is 0 Å². The SMILES string of the molecule is O=C(Nc1ccccc1C1=CC2(CCN(C(=O)OCc3ccccc3)CC2)CC1=O)OCc1ccccc1. The largest absolute Gasteiger partial charge is 0.445 e. The summed E-state index contributed by atoms with van der Waals surface area (Å²) in [5.41, 5.74) is 3.34. The van der Waals surface area contributed by atoms with Crippen molar-refractivity contribution in [3.63, 3.8) is 0 Å². The van der Waals surface area contributed by atoms with Crippen LogP contribution in [0, 0.1) is 5.41 Å². The molecule has 7 nitrogen and oxygen atoms in total. The molecule has 1 heterocycles. The topological polar surface area (TPSA) is 84.9 Å². The minimum absolute atomic E-state index is 0.0389. The van der Waals surface area contributed by atoms with Crippen LogP contribution >= 0.6 is 0 Å². The lowest BCUT2D eigenvalue weighted by Crippen LogP contribution is -2.42. The molecule has 1 aliphatic carbocycles. The van der Waals surface area contributed by atoms with Crippen LogP contribution in [0.5, 0.6) is 0 Å². The molecule has 1 fully saturated rings. The van der Waals surface area contributed by atoms with E-state index in [0.717, 1.165) is 11.1 Å². The first-order chi connectivity index (χ1) is 18.5. The number of hydrogen-bond donors (Lipinski definition) is 1. The number of amides is 2. The number of allylic oxidation sites excluding steroid dienone is 2. The standard InChI is InChI=1S/C31H30N2O5/c34-28-20-31(15-17-33(18-16-31)30(36)38-22-24-11-5-2-6-12-24)19-26(28)25-13-7-8-14-27(25)32-29(35)37-21-23-9-3-1-4-10-23/h1-14,19H,15-18,20-22H2,(H,32,35). The Bertz CT molecular complexity index is 1330. The third-order valence-corrected chi connectivity index (χ3v) is 7.15. The Balaban J connectivity index is 1.21. The van der Waals surface area contributed by atoms with E-state index in [1.807, 2.05) is 84.9 Å². The Labute approximate surface area is 222 Å². The number of piperidine rings is 1. The van der Waals surface area contributed by atoms with Gasteiger partial charge in [0.1, 0.15) is 13.2 Å². The quantitative estimate of drug-likeness (QED) is 0.426. The first-order valence-electron chi connectivity index (χ1n) is 12.8. The van der Waals surface area contributed by atoms with Crippen molar-refractivity contribution < 1.29 is 23.9 Å². The van der Waals surface area contributed by atoms with E-state index in [4.69, 9.17) is 9.47 Å². The summed E-state index contributed by atoms with van der Waals surface area (Å²) in [6.45, 7) is 1.44. The monoisotopic (exact) mass is 510 g/mol. The molecule has 0 unspecified atom stereocenters. The highest BCUT2D eigenvalue weighted by molar-refractivity contribution is 6.25. The summed E-state index contributed by atoms with van der Waals surface area (Å²) in [7, 11) is 0. The fourth-order valence-corrected chi connectivity index (χ4v) is 5.04. The van der Waals surface area contributed by atoms with Gasteiger partial charge in [0.25, 0.3) is 0 Å². The van der Waals surface area contributed by atoms with Gasteiger partial charge in [-0.25, -0.2) is 9.59 Å². The molecule has 7 heteroatoms. The lowest BCUT2D eigenvalue weighted by molar-refractivity contribution is -0.114. The van der Waals surface area contributed by atoms with Gasteiger partial charge in [0.05, 0.1) is 5.69 Å². The van der Waals surface area contributed by atoms with Crippen LogP contribution in [0.1, 0.15) is 36.0 Å². The molecule has 2 amide bonds. The minimum Gasteiger partial charge on any atom is -0.445 e.